The first-order valence-electron chi connectivity index (χ1n) is 10.7. The van der Waals surface area contributed by atoms with E-state index in [1.54, 1.807) is 29.2 Å². The molecule has 0 bridgehead atoms. The van der Waals surface area contributed by atoms with E-state index in [9.17, 15) is 18.0 Å². The van der Waals surface area contributed by atoms with E-state index in [0.29, 0.717) is 18.7 Å². The highest BCUT2D eigenvalue weighted by Crippen LogP contribution is 2.25. The third-order valence-electron chi connectivity index (χ3n) is 5.68. The zero-order chi connectivity index (χ0) is 23.4. The third kappa shape index (κ3) is 5.19. The fourth-order valence-corrected chi connectivity index (χ4v) is 5.76. The highest BCUT2D eigenvalue weighted by molar-refractivity contribution is 7.89. The lowest BCUT2D eigenvalue weighted by atomic mass is 10.1. The number of halogens is 1. The molecule has 7 nitrogen and oxygen atoms in total. The summed E-state index contributed by atoms with van der Waals surface area (Å²) in [6.45, 7) is 1.19. The largest absolute Gasteiger partial charge is 0.352 e. The van der Waals surface area contributed by atoms with E-state index in [1.807, 2.05) is 36.4 Å². The predicted molar refractivity (Wildman–Crippen MR) is 128 cm³/mol. The minimum Gasteiger partial charge on any atom is -0.352 e. The summed E-state index contributed by atoms with van der Waals surface area (Å²) in [5.41, 5.74) is 0.541. The van der Waals surface area contributed by atoms with Crippen molar-refractivity contribution in [3.63, 3.8) is 0 Å². The number of amides is 2. The Morgan fingerprint density at radius 2 is 1.55 bits per heavy atom. The average Bonchev–Trinajstić information content (AvgIpc) is 2.83. The zero-order valence-corrected chi connectivity index (χ0v) is 19.5. The molecule has 2 amide bonds. The van der Waals surface area contributed by atoms with E-state index in [0.717, 1.165) is 10.8 Å². The Balaban J connectivity index is 1.27. The smallest absolute Gasteiger partial charge is 0.251 e. The van der Waals surface area contributed by atoms with Gasteiger partial charge in [0.2, 0.25) is 15.9 Å². The molecule has 4 rings (SSSR count). The molecule has 1 aliphatic rings. The van der Waals surface area contributed by atoms with Crippen LogP contribution in [-0.2, 0) is 14.8 Å². The molecule has 0 aliphatic carbocycles. The van der Waals surface area contributed by atoms with Gasteiger partial charge in [-0.05, 0) is 35.0 Å². The molecule has 0 spiro atoms. The minimum atomic E-state index is -3.71. The monoisotopic (exact) mass is 485 g/mol. The van der Waals surface area contributed by atoms with Gasteiger partial charge in [0.15, 0.2) is 0 Å². The number of carbonyl (C=O) groups excluding carboxylic acids is 2. The molecule has 1 saturated heterocycles. The molecule has 33 heavy (non-hydrogen) atoms. The summed E-state index contributed by atoms with van der Waals surface area (Å²) in [4.78, 5) is 26.7. The van der Waals surface area contributed by atoms with Crippen molar-refractivity contribution < 1.29 is 18.0 Å². The van der Waals surface area contributed by atoms with E-state index >= 15 is 0 Å². The molecule has 1 N–H and O–H groups in total. The van der Waals surface area contributed by atoms with Crippen molar-refractivity contribution in [2.24, 2.45) is 0 Å². The molecule has 0 unspecified atom stereocenters. The second-order valence-corrected chi connectivity index (χ2v) is 10.1. The number of piperazine rings is 1. The van der Waals surface area contributed by atoms with Crippen molar-refractivity contribution in [1.82, 2.24) is 14.5 Å². The van der Waals surface area contributed by atoms with Crippen LogP contribution in [0, 0.1) is 0 Å². The van der Waals surface area contributed by atoms with Gasteiger partial charge >= 0.3 is 0 Å². The Kier molecular flexibility index (Phi) is 6.97. The number of nitrogens with one attached hydrogen (secondary N) is 1. The average molecular weight is 486 g/mol. The Hall–Kier alpha value is -2.94. The van der Waals surface area contributed by atoms with Crippen molar-refractivity contribution in [1.29, 1.82) is 0 Å². The molecule has 3 aromatic carbocycles. The van der Waals surface area contributed by atoms with Gasteiger partial charge in [0.1, 0.15) is 4.90 Å². The summed E-state index contributed by atoms with van der Waals surface area (Å²) in [6, 6.07) is 19.6. The molecule has 1 fully saturated rings. The van der Waals surface area contributed by atoms with Crippen LogP contribution in [0.1, 0.15) is 16.8 Å². The standard InChI is InChI=1S/C24H24ClN3O4S/c25-21-7-3-4-8-22(21)33(31,32)28-15-13-27(14-16-28)23(29)11-12-26-24(30)20-10-9-18-5-1-2-6-19(18)17-20/h1-10,17H,11-16H2,(H,26,30). The molecule has 3 aromatic rings. The SMILES string of the molecule is O=C(NCCC(=O)N1CCN(S(=O)(=O)c2ccccc2Cl)CC1)c1ccc2ccccc2c1. The van der Waals surface area contributed by atoms with Crippen LogP contribution >= 0.6 is 11.6 Å². The van der Waals surface area contributed by atoms with Crippen molar-refractivity contribution >= 4 is 44.2 Å². The van der Waals surface area contributed by atoms with E-state index in [1.165, 1.54) is 10.4 Å². The van der Waals surface area contributed by atoms with Crippen LogP contribution < -0.4 is 5.32 Å². The first-order chi connectivity index (χ1) is 15.9. The molecular weight excluding hydrogens is 462 g/mol. The van der Waals surface area contributed by atoms with Crippen LogP contribution in [0.25, 0.3) is 10.8 Å². The maximum atomic E-state index is 12.8. The minimum absolute atomic E-state index is 0.0721. The molecule has 1 heterocycles. The Morgan fingerprint density at radius 1 is 0.879 bits per heavy atom. The van der Waals surface area contributed by atoms with Gasteiger partial charge < -0.3 is 10.2 Å². The van der Waals surface area contributed by atoms with Gasteiger partial charge in [0, 0.05) is 44.7 Å². The van der Waals surface area contributed by atoms with E-state index in [-0.39, 0.29) is 47.8 Å². The van der Waals surface area contributed by atoms with Crippen molar-refractivity contribution in [3.8, 4) is 0 Å². The normalized spacial score (nSPS) is 14.9. The second-order valence-electron chi connectivity index (χ2n) is 7.78. The number of benzene rings is 3. The van der Waals surface area contributed by atoms with Crippen LogP contribution in [0.15, 0.2) is 71.6 Å². The van der Waals surface area contributed by atoms with E-state index in [4.69, 9.17) is 11.6 Å². The van der Waals surface area contributed by atoms with Gasteiger partial charge in [-0.15, -0.1) is 0 Å². The third-order valence-corrected chi connectivity index (χ3v) is 8.08. The van der Waals surface area contributed by atoms with Crippen molar-refractivity contribution in [2.45, 2.75) is 11.3 Å². The van der Waals surface area contributed by atoms with Crippen LogP contribution in [-0.4, -0.2) is 62.2 Å². The molecular formula is C24H24ClN3O4S. The van der Waals surface area contributed by atoms with Gasteiger partial charge in [-0.25, -0.2) is 8.42 Å². The van der Waals surface area contributed by atoms with Crippen LogP contribution in [0.4, 0.5) is 0 Å². The molecule has 1 aliphatic heterocycles. The Bertz CT molecular complexity index is 1290. The number of fused-ring (bicyclic) bond motifs is 1. The fourth-order valence-electron chi connectivity index (χ4n) is 3.84. The number of carbonyl (C=O) groups is 2. The summed E-state index contributed by atoms with van der Waals surface area (Å²) in [5.74, 6) is -0.354. The maximum absolute atomic E-state index is 12.8. The van der Waals surface area contributed by atoms with E-state index in [2.05, 4.69) is 5.32 Å². The van der Waals surface area contributed by atoms with Crippen molar-refractivity contribution in [3.05, 3.63) is 77.3 Å². The van der Waals surface area contributed by atoms with Gasteiger partial charge in [-0.2, -0.15) is 4.31 Å². The van der Waals surface area contributed by atoms with Gasteiger partial charge in [-0.1, -0.05) is 54.1 Å². The zero-order valence-electron chi connectivity index (χ0n) is 17.9. The molecule has 9 heteroatoms. The highest BCUT2D eigenvalue weighted by atomic mass is 35.5. The first kappa shape index (κ1) is 23.2. The topological polar surface area (TPSA) is 86.8 Å². The molecule has 0 aromatic heterocycles. The number of nitrogens with zero attached hydrogens (tertiary/aromatic N) is 2. The molecule has 0 atom stereocenters. The van der Waals surface area contributed by atoms with Crippen LogP contribution in [0.5, 0.6) is 0 Å². The highest BCUT2D eigenvalue weighted by Gasteiger charge is 2.31. The Morgan fingerprint density at radius 3 is 2.27 bits per heavy atom. The number of hydrogen-bond donors (Lipinski definition) is 1. The lowest BCUT2D eigenvalue weighted by molar-refractivity contribution is -0.132. The summed E-state index contributed by atoms with van der Waals surface area (Å²) in [7, 11) is -3.71. The van der Waals surface area contributed by atoms with Gasteiger partial charge in [-0.3, -0.25) is 9.59 Å². The van der Waals surface area contributed by atoms with E-state index < -0.39 is 10.0 Å². The second kappa shape index (κ2) is 9.91. The summed E-state index contributed by atoms with van der Waals surface area (Å²) < 4.78 is 27.0. The summed E-state index contributed by atoms with van der Waals surface area (Å²) in [6.07, 6.45) is 0.149. The maximum Gasteiger partial charge on any atom is 0.251 e. The van der Waals surface area contributed by atoms with Gasteiger partial charge in [0.25, 0.3) is 5.91 Å². The first-order valence-corrected chi connectivity index (χ1v) is 12.5. The summed E-state index contributed by atoms with van der Waals surface area (Å²) in [5, 5.41) is 5.00. The number of sulfonamides is 1. The predicted octanol–water partition coefficient (Wildman–Crippen LogP) is 3.15. The van der Waals surface area contributed by atoms with Crippen LogP contribution in [0.2, 0.25) is 5.02 Å². The Labute approximate surface area is 198 Å². The molecule has 172 valence electrons. The lowest BCUT2D eigenvalue weighted by Crippen LogP contribution is -2.50. The van der Waals surface area contributed by atoms with Crippen LogP contribution in [0.3, 0.4) is 0 Å². The quantitative estimate of drug-likeness (QED) is 0.581. The number of rotatable bonds is 6. The number of hydrogen-bond acceptors (Lipinski definition) is 4. The lowest BCUT2D eigenvalue weighted by Gasteiger charge is -2.34. The molecule has 0 saturated carbocycles. The fraction of sp³-hybridized carbons (Fsp3) is 0.250. The van der Waals surface area contributed by atoms with Crippen molar-refractivity contribution in [2.75, 3.05) is 32.7 Å². The van der Waals surface area contributed by atoms with Gasteiger partial charge in [0.05, 0.1) is 5.02 Å². The molecule has 0 radical (unpaired) electrons. The summed E-state index contributed by atoms with van der Waals surface area (Å²) >= 11 is 6.06.